The predicted octanol–water partition coefficient (Wildman–Crippen LogP) is 4.23. The lowest BCUT2D eigenvalue weighted by Gasteiger charge is -2.15. The van der Waals surface area contributed by atoms with Gasteiger partial charge in [0, 0.05) is 20.3 Å². The van der Waals surface area contributed by atoms with E-state index in [0.29, 0.717) is 5.02 Å². The smallest absolute Gasteiger partial charge is 0.238 e. The first-order valence-electron chi connectivity index (χ1n) is 6.59. The molecule has 2 N–H and O–H groups in total. The number of nitrogens with one attached hydrogen (secondary N) is 2. The van der Waals surface area contributed by atoms with Gasteiger partial charge >= 0.3 is 0 Å². The summed E-state index contributed by atoms with van der Waals surface area (Å²) >= 11 is 8.37. The molecule has 3 nitrogen and oxygen atoms in total. The van der Waals surface area contributed by atoms with Crippen molar-refractivity contribution in [1.82, 2.24) is 5.32 Å². The molecule has 1 atom stereocenters. The van der Waals surface area contributed by atoms with E-state index in [1.165, 1.54) is 0 Å². The first kappa shape index (κ1) is 16.3. The van der Waals surface area contributed by atoms with Crippen molar-refractivity contribution >= 4 is 45.8 Å². The van der Waals surface area contributed by atoms with Crippen LogP contribution in [0.2, 0.25) is 5.02 Å². The van der Waals surface area contributed by atoms with E-state index in [4.69, 9.17) is 11.6 Å². The van der Waals surface area contributed by atoms with E-state index < -0.39 is 0 Å². The fraction of sp³-hybridized carbons (Fsp3) is 0.188. The van der Waals surface area contributed by atoms with Gasteiger partial charge in [-0.1, -0.05) is 29.8 Å². The molecule has 5 heteroatoms. The molecule has 2 aromatic rings. The minimum absolute atomic E-state index is 0.0150. The summed E-state index contributed by atoms with van der Waals surface area (Å²) < 4.78 is 1.14. The van der Waals surface area contributed by atoms with Gasteiger partial charge in [-0.15, -0.1) is 0 Å². The van der Waals surface area contributed by atoms with Crippen molar-refractivity contribution in [3.63, 3.8) is 0 Å². The summed E-state index contributed by atoms with van der Waals surface area (Å²) in [5.41, 5.74) is 1.79. The molecule has 0 aliphatic carbocycles. The largest absolute Gasteiger partial charge is 0.325 e. The molecule has 0 fully saturated rings. The maximum atomic E-state index is 11.9. The Morgan fingerprint density at radius 2 is 1.86 bits per heavy atom. The molecular formula is C16H16ClIN2O. The topological polar surface area (TPSA) is 41.1 Å². The molecule has 0 aliphatic heterocycles. The SMILES string of the molecule is C[C@@H](NCC(=O)Nc1ccc(I)cc1)c1ccccc1Cl. The molecule has 0 heterocycles. The molecule has 0 spiro atoms. The number of amides is 1. The summed E-state index contributed by atoms with van der Waals surface area (Å²) in [4.78, 5) is 11.9. The van der Waals surface area contributed by atoms with Gasteiger partial charge in [-0.2, -0.15) is 0 Å². The Balaban J connectivity index is 1.86. The van der Waals surface area contributed by atoms with E-state index in [9.17, 15) is 4.79 Å². The molecule has 0 radical (unpaired) electrons. The van der Waals surface area contributed by atoms with Crippen molar-refractivity contribution in [2.75, 3.05) is 11.9 Å². The summed E-state index contributed by atoms with van der Waals surface area (Å²) in [6, 6.07) is 15.3. The predicted molar refractivity (Wildman–Crippen MR) is 95.7 cm³/mol. The molecule has 2 aromatic carbocycles. The number of carbonyl (C=O) groups excluding carboxylic acids is 1. The molecule has 2 rings (SSSR count). The lowest BCUT2D eigenvalue weighted by molar-refractivity contribution is -0.115. The highest BCUT2D eigenvalue weighted by Crippen LogP contribution is 2.21. The fourth-order valence-electron chi connectivity index (χ4n) is 1.92. The Kier molecular flexibility index (Phi) is 6.02. The second-order valence-electron chi connectivity index (χ2n) is 4.68. The lowest BCUT2D eigenvalue weighted by atomic mass is 10.1. The molecule has 0 aliphatic rings. The van der Waals surface area contributed by atoms with Gasteiger partial charge < -0.3 is 10.6 Å². The van der Waals surface area contributed by atoms with Crippen molar-refractivity contribution in [2.45, 2.75) is 13.0 Å². The van der Waals surface area contributed by atoms with E-state index in [2.05, 4.69) is 33.2 Å². The van der Waals surface area contributed by atoms with E-state index in [1.807, 2.05) is 55.5 Å². The number of hydrogen-bond acceptors (Lipinski definition) is 2. The highest BCUT2D eigenvalue weighted by molar-refractivity contribution is 14.1. The number of anilines is 1. The third-order valence-corrected chi connectivity index (χ3v) is 4.13. The third-order valence-electron chi connectivity index (χ3n) is 3.07. The van der Waals surface area contributed by atoms with Gasteiger partial charge in [0.05, 0.1) is 6.54 Å². The lowest BCUT2D eigenvalue weighted by Crippen LogP contribution is -2.30. The van der Waals surface area contributed by atoms with Crippen LogP contribution in [0.1, 0.15) is 18.5 Å². The summed E-state index contributed by atoms with van der Waals surface area (Å²) in [6.45, 7) is 2.22. The zero-order valence-corrected chi connectivity index (χ0v) is 14.5. The fourth-order valence-corrected chi connectivity index (χ4v) is 2.58. The van der Waals surface area contributed by atoms with Crippen LogP contribution in [0.15, 0.2) is 48.5 Å². The Morgan fingerprint density at radius 1 is 1.19 bits per heavy atom. The van der Waals surface area contributed by atoms with Crippen LogP contribution in [0.4, 0.5) is 5.69 Å². The van der Waals surface area contributed by atoms with Gasteiger partial charge in [-0.25, -0.2) is 0 Å². The Morgan fingerprint density at radius 3 is 2.52 bits per heavy atom. The molecule has 1 amide bonds. The van der Waals surface area contributed by atoms with Gasteiger partial charge in [0.25, 0.3) is 0 Å². The van der Waals surface area contributed by atoms with Crippen molar-refractivity contribution < 1.29 is 4.79 Å². The Bertz CT molecular complexity index is 616. The molecule has 0 unspecified atom stereocenters. The van der Waals surface area contributed by atoms with Gasteiger partial charge in [0.2, 0.25) is 5.91 Å². The van der Waals surface area contributed by atoms with E-state index in [1.54, 1.807) is 0 Å². The Labute approximate surface area is 143 Å². The van der Waals surface area contributed by atoms with E-state index >= 15 is 0 Å². The number of rotatable bonds is 5. The second kappa shape index (κ2) is 7.77. The summed E-state index contributed by atoms with van der Waals surface area (Å²) in [6.07, 6.45) is 0. The van der Waals surface area contributed by atoms with Crippen LogP contribution in [-0.4, -0.2) is 12.5 Å². The summed E-state index contributed by atoms with van der Waals surface area (Å²) in [7, 11) is 0. The number of hydrogen-bond donors (Lipinski definition) is 2. The van der Waals surface area contributed by atoms with Crippen LogP contribution < -0.4 is 10.6 Å². The molecule has 0 saturated heterocycles. The van der Waals surface area contributed by atoms with Gasteiger partial charge in [0.15, 0.2) is 0 Å². The number of halogens is 2. The van der Waals surface area contributed by atoms with Crippen LogP contribution >= 0.6 is 34.2 Å². The molecule has 0 bridgehead atoms. The van der Waals surface area contributed by atoms with Gasteiger partial charge in [0.1, 0.15) is 0 Å². The monoisotopic (exact) mass is 414 g/mol. The average molecular weight is 415 g/mol. The zero-order chi connectivity index (χ0) is 15.2. The molecule has 21 heavy (non-hydrogen) atoms. The highest BCUT2D eigenvalue weighted by Gasteiger charge is 2.10. The zero-order valence-electron chi connectivity index (χ0n) is 11.6. The van der Waals surface area contributed by atoms with Crippen LogP contribution in [0.3, 0.4) is 0 Å². The molecule has 110 valence electrons. The van der Waals surface area contributed by atoms with Crippen LogP contribution in [-0.2, 0) is 4.79 Å². The van der Waals surface area contributed by atoms with E-state index in [-0.39, 0.29) is 18.5 Å². The summed E-state index contributed by atoms with van der Waals surface area (Å²) in [5, 5.41) is 6.73. The quantitative estimate of drug-likeness (QED) is 0.719. The molecule has 0 saturated carbocycles. The van der Waals surface area contributed by atoms with Crippen molar-refractivity contribution in [1.29, 1.82) is 0 Å². The number of benzene rings is 2. The van der Waals surface area contributed by atoms with Crippen molar-refractivity contribution in [3.05, 3.63) is 62.7 Å². The minimum atomic E-state index is -0.0740. The first-order valence-corrected chi connectivity index (χ1v) is 8.05. The minimum Gasteiger partial charge on any atom is -0.325 e. The normalized spacial score (nSPS) is 12.0. The van der Waals surface area contributed by atoms with E-state index in [0.717, 1.165) is 14.8 Å². The first-order chi connectivity index (χ1) is 10.1. The average Bonchev–Trinajstić information content (AvgIpc) is 2.48. The summed E-state index contributed by atoms with van der Waals surface area (Å²) in [5.74, 6) is -0.0740. The van der Waals surface area contributed by atoms with Gasteiger partial charge in [-0.05, 0) is 65.4 Å². The third kappa shape index (κ3) is 4.98. The van der Waals surface area contributed by atoms with Crippen LogP contribution in [0.5, 0.6) is 0 Å². The second-order valence-corrected chi connectivity index (χ2v) is 6.33. The van der Waals surface area contributed by atoms with Crippen molar-refractivity contribution in [3.8, 4) is 0 Å². The van der Waals surface area contributed by atoms with Gasteiger partial charge in [-0.3, -0.25) is 4.79 Å². The maximum Gasteiger partial charge on any atom is 0.238 e. The van der Waals surface area contributed by atoms with Crippen LogP contribution in [0, 0.1) is 3.57 Å². The number of carbonyl (C=O) groups is 1. The van der Waals surface area contributed by atoms with Crippen LogP contribution in [0.25, 0.3) is 0 Å². The maximum absolute atomic E-state index is 11.9. The molecular weight excluding hydrogens is 399 g/mol. The van der Waals surface area contributed by atoms with Crippen molar-refractivity contribution in [2.24, 2.45) is 0 Å². The highest BCUT2D eigenvalue weighted by atomic mass is 127. The Hall–Kier alpha value is -1.11. The standard InChI is InChI=1S/C16H16ClIN2O/c1-11(14-4-2-3-5-15(14)17)19-10-16(21)20-13-8-6-12(18)7-9-13/h2-9,11,19H,10H2,1H3,(H,20,21)/t11-/m1/s1. The molecule has 0 aromatic heterocycles.